The number of nitrogens with zero attached hydrogens (tertiary/aromatic N) is 1. The van der Waals surface area contributed by atoms with Crippen LogP contribution in [-0.2, 0) is 21.2 Å². The molecule has 1 atom stereocenters. The van der Waals surface area contributed by atoms with Crippen LogP contribution in [0.3, 0.4) is 0 Å². The highest BCUT2D eigenvalue weighted by molar-refractivity contribution is 7.92. The van der Waals surface area contributed by atoms with Gasteiger partial charge in [0.1, 0.15) is 19.8 Å². The predicted octanol–water partition coefficient (Wildman–Crippen LogP) is 2.42. The molecule has 0 spiro atoms. The molecule has 2 aromatic rings. The van der Waals surface area contributed by atoms with Crippen LogP contribution < -0.4 is 19.1 Å². The lowest BCUT2D eigenvalue weighted by molar-refractivity contribution is -0.120. The lowest BCUT2D eigenvalue weighted by Gasteiger charge is -2.28. The Labute approximate surface area is 170 Å². The second-order valence-electron chi connectivity index (χ2n) is 7.31. The van der Waals surface area contributed by atoms with Gasteiger partial charge in [-0.05, 0) is 42.5 Å². The van der Waals surface area contributed by atoms with E-state index in [4.69, 9.17) is 9.47 Å². The van der Waals surface area contributed by atoms with E-state index in [2.05, 4.69) is 11.4 Å². The van der Waals surface area contributed by atoms with E-state index in [1.54, 1.807) is 18.2 Å². The van der Waals surface area contributed by atoms with E-state index in [9.17, 15) is 13.2 Å². The van der Waals surface area contributed by atoms with Gasteiger partial charge in [-0.25, -0.2) is 8.42 Å². The molecule has 0 saturated heterocycles. The van der Waals surface area contributed by atoms with Gasteiger partial charge in [0, 0.05) is 6.07 Å². The van der Waals surface area contributed by atoms with E-state index in [0.29, 0.717) is 30.4 Å². The topological polar surface area (TPSA) is 84.9 Å². The van der Waals surface area contributed by atoms with Crippen molar-refractivity contribution in [1.29, 1.82) is 0 Å². The first-order chi connectivity index (χ1) is 13.9. The zero-order valence-electron chi connectivity index (χ0n) is 16.3. The predicted molar refractivity (Wildman–Crippen MR) is 110 cm³/mol. The molecule has 2 aromatic carbocycles. The van der Waals surface area contributed by atoms with E-state index in [-0.39, 0.29) is 18.5 Å². The van der Waals surface area contributed by atoms with Gasteiger partial charge >= 0.3 is 0 Å². The summed E-state index contributed by atoms with van der Waals surface area (Å²) in [5.74, 6) is 0.702. The van der Waals surface area contributed by atoms with Gasteiger partial charge in [0.15, 0.2) is 11.5 Å². The number of ether oxygens (including phenoxy) is 2. The fraction of sp³-hybridized carbons (Fsp3) is 0.381. The number of rotatable bonds is 5. The first kappa shape index (κ1) is 19.6. The monoisotopic (exact) mass is 416 g/mol. The van der Waals surface area contributed by atoms with E-state index in [0.717, 1.165) is 35.4 Å². The zero-order chi connectivity index (χ0) is 20.4. The normalized spacial score (nSPS) is 17.9. The number of aryl methyl sites for hydroxylation is 1. The summed E-state index contributed by atoms with van der Waals surface area (Å²) in [5, 5.41) is 3.01. The number of carbonyl (C=O) groups is 1. The largest absolute Gasteiger partial charge is 0.486 e. The Morgan fingerprint density at radius 2 is 1.90 bits per heavy atom. The zero-order valence-corrected chi connectivity index (χ0v) is 17.1. The summed E-state index contributed by atoms with van der Waals surface area (Å²) < 4.78 is 36.9. The van der Waals surface area contributed by atoms with Crippen LogP contribution in [0.25, 0.3) is 0 Å². The Bertz CT molecular complexity index is 1020. The number of benzene rings is 2. The molecule has 0 unspecified atom stereocenters. The first-order valence-electron chi connectivity index (χ1n) is 9.66. The summed E-state index contributed by atoms with van der Waals surface area (Å²) in [6, 6.07) is 12.8. The van der Waals surface area contributed by atoms with Gasteiger partial charge in [-0.1, -0.05) is 24.3 Å². The summed E-state index contributed by atoms with van der Waals surface area (Å²) in [6.45, 7) is 0.557. The van der Waals surface area contributed by atoms with Crippen LogP contribution in [0.5, 0.6) is 11.5 Å². The van der Waals surface area contributed by atoms with Crippen LogP contribution in [-0.4, -0.2) is 40.3 Å². The minimum Gasteiger partial charge on any atom is -0.486 e. The third kappa shape index (κ3) is 4.32. The molecule has 0 bridgehead atoms. The van der Waals surface area contributed by atoms with Crippen molar-refractivity contribution < 1.29 is 22.7 Å². The Balaban J connectivity index is 1.53. The van der Waals surface area contributed by atoms with Gasteiger partial charge < -0.3 is 14.8 Å². The maximum atomic E-state index is 12.8. The van der Waals surface area contributed by atoms with E-state index in [1.807, 2.05) is 18.2 Å². The van der Waals surface area contributed by atoms with Crippen LogP contribution >= 0.6 is 0 Å². The standard InChI is InChI=1S/C21H24N2O5S/c1-29(25,26)23(16-9-10-19-20(13-16)28-12-11-27-19)14-21(24)22-18-8-4-6-15-5-2-3-7-17(15)18/h2-3,5,7,9-10,13,18H,4,6,8,11-12,14H2,1H3,(H,22,24)/t18-/m1/s1. The van der Waals surface area contributed by atoms with Crippen LogP contribution in [0, 0.1) is 0 Å². The molecule has 0 radical (unpaired) electrons. The SMILES string of the molecule is CS(=O)(=O)N(CC(=O)N[C@@H]1CCCc2ccccc21)c1ccc2c(c1)OCCO2. The summed E-state index contributed by atoms with van der Waals surface area (Å²) in [4.78, 5) is 12.8. The Morgan fingerprint density at radius 1 is 1.14 bits per heavy atom. The summed E-state index contributed by atoms with van der Waals surface area (Å²) >= 11 is 0. The summed E-state index contributed by atoms with van der Waals surface area (Å²) in [6.07, 6.45) is 3.91. The molecular weight excluding hydrogens is 392 g/mol. The van der Waals surface area contributed by atoms with Crippen molar-refractivity contribution in [2.45, 2.75) is 25.3 Å². The highest BCUT2D eigenvalue weighted by Gasteiger charge is 2.26. The Kier molecular flexibility index (Phi) is 5.36. The van der Waals surface area contributed by atoms with Crippen LogP contribution in [0.4, 0.5) is 5.69 Å². The average Bonchev–Trinajstić information content (AvgIpc) is 2.71. The quantitative estimate of drug-likeness (QED) is 0.809. The van der Waals surface area contributed by atoms with Crippen molar-refractivity contribution in [3.63, 3.8) is 0 Å². The third-order valence-corrected chi connectivity index (χ3v) is 6.35. The van der Waals surface area contributed by atoms with Crippen molar-refractivity contribution in [1.82, 2.24) is 5.32 Å². The number of sulfonamides is 1. The second kappa shape index (κ2) is 7.94. The molecule has 1 aliphatic carbocycles. The number of hydrogen-bond donors (Lipinski definition) is 1. The fourth-order valence-electron chi connectivity index (χ4n) is 3.86. The van der Waals surface area contributed by atoms with Crippen molar-refractivity contribution in [3.05, 3.63) is 53.6 Å². The summed E-state index contributed by atoms with van der Waals surface area (Å²) in [7, 11) is -3.66. The molecule has 0 aromatic heterocycles. The maximum Gasteiger partial charge on any atom is 0.241 e. The maximum absolute atomic E-state index is 12.8. The lowest BCUT2D eigenvalue weighted by Crippen LogP contribution is -2.42. The third-order valence-electron chi connectivity index (χ3n) is 5.21. The molecule has 7 nitrogen and oxygen atoms in total. The minimum absolute atomic E-state index is 0.103. The first-order valence-corrected chi connectivity index (χ1v) is 11.5. The van der Waals surface area contributed by atoms with Gasteiger partial charge in [0.05, 0.1) is 18.0 Å². The number of amides is 1. The number of carbonyl (C=O) groups excluding carboxylic acids is 1. The number of nitrogens with one attached hydrogen (secondary N) is 1. The number of anilines is 1. The summed E-state index contributed by atoms with van der Waals surface area (Å²) in [5.41, 5.74) is 2.71. The van der Waals surface area contributed by atoms with E-state index < -0.39 is 10.0 Å². The van der Waals surface area contributed by atoms with Gasteiger partial charge in [0.2, 0.25) is 15.9 Å². The van der Waals surface area contributed by atoms with Crippen LogP contribution in [0.1, 0.15) is 30.0 Å². The van der Waals surface area contributed by atoms with Gasteiger partial charge in [-0.2, -0.15) is 0 Å². The molecular formula is C21H24N2O5S. The molecule has 29 heavy (non-hydrogen) atoms. The smallest absolute Gasteiger partial charge is 0.241 e. The fourth-order valence-corrected chi connectivity index (χ4v) is 4.71. The average molecular weight is 416 g/mol. The number of fused-ring (bicyclic) bond motifs is 2. The van der Waals surface area contributed by atoms with Crippen LogP contribution in [0.15, 0.2) is 42.5 Å². The highest BCUT2D eigenvalue weighted by atomic mass is 32.2. The van der Waals surface area contributed by atoms with Crippen LogP contribution in [0.2, 0.25) is 0 Å². The second-order valence-corrected chi connectivity index (χ2v) is 9.22. The Morgan fingerprint density at radius 3 is 2.69 bits per heavy atom. The highest BCUT2D eigenvalue weighted by Crippen LogP contribution is 2.35. The molecule has 4 rings (SSSR count). The molecule has 0 saturated carbocycles. The van der Waals surface area contributed by atoms with Crippen molar-refractivity contribution in [2.75, 3.05) is 30.3 Å². The number of hydrogen-bond acceptors (Lipinski definition) is 5. The molecule has 1 N–H and O–H groups in total. The van der Waals surface area contributed by atoms with Crippen molar-refractivity contribution in [2.24, 2.45) is 0 Å². The molecule has 1 aliphatic heterocycles. The van der Waals surface area contributed by atoms with Gasteiger partial charge in [0.25, 0.3) is 0 Å². The Hall–Kier alpha value is -2.74. The molecule has 1 heterocycles. The molecule has 154 valence electrons. The lowest BCUT2D eigenvalue weighted by atomic mass is 9.88. The van der Waals surface area contributed by atoms with E-state index in [1.165, 1.54) is 5.56 Å². The molecule has 2 aliphatic rings. The molecule has 1 amide bonds. The van der Waals surface area contributed by atoms with Crippen molar-refractivity contribution >= 4 is 21.6 Å². The van der Waals surface area contributed by atoms with Gasteiger partial charge in [-0.15, -0.1) is 0 Å². The minimum atomic E-state index is -3.66. The van der Waals surface area contributed by atoms with Crippen molar-refractivity contribution in [3.8, 4) is 11.5 Å². The molecule has 0 fully saturated rings. The molecule has 8 heteroatoms. The van der Waals surface area contributed by atoms with Gasteiger partial charge in [-0.3, -0.25) is 9.10 Å². The van der Waals surface area contributed by atoms with E-state index >= 15 is 0 Å².